The van der Waals surface area contributed by atoms with Crippen molar-refractivity contribution in [2.45, 2.75) is 171 Å². The van der Waals surface area contributed by atoms with Gasteiger partial charge in [-0.1, -0.05) is 90.4 Å². The first-order valence-electron chi connectivity index (χ1n) is 21.9. The van der Waals surface area contributed by atoms with E-state index < -0.39 is 96.4 Å². The molecule has 0 bridgehead atoms. The largest absolute Gasteiger partial charge is 0.480 e. The quantitative estimate of drug-likeness (QED) is 0.0463. The van der Waals surface area contributed by atoms with Gasteiger partial charge in [-0.15, -0.1) is 0 Å². The third-order valence-corrected chi connectivity index (χ3v) is 11.2. The number of ether oxygens (including phenoxy) is 3. The molecule has 0 unspecified atom stereocenters. The number of aromatic amines is 1. The first-order valence-corrected chi connectivity index (χ1v) is 21.9. The summed E-state index contributed by atoms with van der Waals surface area (Å²) in [6.07, 6.45) is 6.07. The Balaban J connectivity index is 1.34. The maximum absolute atomic E-state index is 13.4. The van der Waals surface area contributed by atoms with Crippen molar-refractivity contribution in [1.82, 2.24) is 35.5 Å². The number of aromatic nitrogens is 4. The zero-order chi connectivity index (χ0) is 45.0. The topological polar surface area (TPSA) is 323 Å². The summed E-state index contributed by atoms with van der Waals surface area (Å²) < 4.78 is 18.1. The number of rotatable bonds is 29. The van der Waals surface area contributed by atoms with E-state index in [4.69, 9.17) is 19.9 Å². The fourth-order valence-electron chi connectivity index (χ4n) is 7.65. The third-order valence-electron chi connectivity index (χ3n) is 11.2. The highest BCUT2D eigenvalue weighted by molar-refractivity contribution is 5.95. The molecule has 0 radical (unpaired) electrons. The molecule has 0 saturated carbocycles. The lowest BCUT2D eigenvalue weighted by Crippen LogP contribution is -2.57. The van der Waals surface area contributed by atoms with E-state index in [9.17, 15) is 49.5 Å². The van der Waals surface area contributed by atoms with E-state index in [1.807, 2.05) is 4.98 Å². The van der Waals surface area contributed by atoms with Crippen LogP contribution in [0.15, 0.2) is 40.4 Å². The molecule has 2 saturated heterocycles. The van der Waals surface area contributed by atoms with E-state index in [2.05, 4.69) is 32.8 Å². The first-order chi connectivity index (χ1) is 29.9. The number of hydrogen-bond donors (Lipinski definition) is 10. The molecule has 21 nitrogen and oxygen atoms in total. The molecule has 2 aliphatic heterocycles. The van der Waals surface area contributed by atoms with Gasteiger partial charge in [0.25, 0.3) is 11.5 Å². The minimum absolute atomic E-state index is 0.0487. The molecule has 0 spiro atoms. The van der Waals surface area contributed by atoms with E-state index in [1.165, 1.54) is 70.0 Å². The fourth-order valence-corrected chi connectivity index (χ4v) is 7.65. The molecule has 62 heavy (non-hydrogen) atoms. The molecule has 0 aromatic carbocycles. The Morgan fingerprint density at radius 2 is 1.53 bits per heavy atom. The molecule has 4 rings (SSSR count). The number of nitrogens with one attached hydrogen (secondary N) is 4. The van der Waals surface area contributed by atoms with Crippen LogP contribution in [0.2, 0.25) is 0 Å². The van der Waals surface area contributed by atoms with E-state index in [1.54, 1.807) is 0 Å². The van der Waals surface area contributed by atoms with Crippen LogP contribution in [0.1, 0.15) is 120 Å². The molecule has 11 atom stereocenters. The summed E-state index contributed by atoms with van der Waals surface area (Å²) in [4.78, 5) is 73.3. The SMILES string of the molecule is CCCCCCCCCCCCCCC[C@H](NC(=O)c1cnccn1)C(=O)NCCCN[C@H](C(=O)O)[C@H](O[C@@H]1O[C@H](CN)[C@@H](O)[C@H]1O)[C@H]1O[C@@H](n2ccc(=O)[nH]c2=O)[C@H](O)[C@@H]1O. The predicted octanol–water partition coefficient (Wildman–Crippen LogP) is -0.435. The second-order valence-corrected chi connectivity index (χ2v) is 15.9. The van der Waals surface area contributed by atoms with E-state index in [0.29, 0.717) is 12.8 Å². The number of carbonyl (C=O) groups excluding carboxylic acids is 2. The number of amides is 2. The van der Waals surface area contributed by atoms with Gasteiger partial charge in [0.1, 0.15) is 60.5 Å². The van der Waals surface area contributed by atoms with Crippen LogP contribution in [0.25, 0.3) is 0 Å². The van der Waals surface area contributed by atoms with Crippen molar-refractivity contribution in [1.29, 1.82) is 0 Å². The molecule has 21 heteroatoms. The second kappa shape index (κ2) is 26.4. The van der Waals surface area contributed by atoms with E-state index >= 15 is 0 Å². The van der Waals surface area contributed by atoms with Gasteiger partial charge in [0.05, 0.1) is 6.20 Å². The number of hydrogen-bond acceptors (Lipinski definition) is 16. The number of carboxylic acid groups (broad SMARTS) is 1. The Kier molecular flexibility index (Phi) is 21.5. The molecule has 11 N–H and O–H groups in total. The molecular formula is C41H66N8O13. The number of aliphatic hydroxyl groups excluding tert-OH is 4. The van der Waals surface area contributed by atoms with Crippen molar-refractivity contribution in [3.05, 3.63) is 57.4 Å². The summed E-state index contributed by atoms with van der Waals surface area (Å²) in [7, 11) is 0. The second-order valence-electron chi connectivity index (χ2n) is 15.9. The van der Waals surface area contributed by atoms with Gasteiger partial charge in [0, 0.05) is 37.7 Å². The number of aliphatic carboxylic acids is 1. The van der Waals surface area contributed by atoms with Crippen molar-refractivity contribution in [2.75, 3.05) is 19.6 Å². The third kappa shape index (κ3) is 15.0. The van der Waals surface area contributed by atoms with Gasteiger partial charge in [-0.2, -0.15) is 0 Å². The Morgan fingerprint density at radius 1 is 0.871 bits per heavy atom. The van der Waals surface area contributed by atoms with Crippen LogP contribution < -0.4 is 32.9 Å². The molecular weight excluding hydrogens is 812 g/mol. The maximum atomic E-state index is 13.4. The molecule has 2 amide bonds. The number of H-pyrrole nitrogens is 1. The Hall–Kier alpha value is -4.19. The highest BCUT2D eigenvalue weighted by Crippen LogP contribution is 2.34. The van der Waals surface area contributed by atoms with Gasteiger partial charge < -0.3 is 61.4 Å². The Bertz CT molecular complexity index is 1770. The standard InChI is InChI=1S/C41H66N8O13/c1-2-3-4-5-6-7-8-9-10-11-12-13-14-16-25(47-37(56)26-24-43-20-21-44-26)36(55)46-19-15-18-45-29(39(57)58)34(62-40-33(54)30(51)27(23-42)60-40)35-31(52)32(53)38(61-35)49-22-17-28(50)48-41(49)59/h17,20-22,24-25,27,29-35,38,40,45,51-54H,2-16,18-19,23,42H2,1H3,(H,46,55)(H,47,56)(H,57,58)(H,48,50,59)/t25-,27+,29-,30+,31-,32+,33+,34-,35-,38+,40-/m0/s1. The zero-order valence-electron chi connectivity index (χ0n) is 35.4. The lowest BCUT2D eigenvalue weighted by molar-refractivity contribution is -0.228. The Morgan fingerprint density at radius 3 is 2.11 bits per heavy atom. The van der Waals surface area contributed by atoms with Gasteiger partial charge in [0.15, 0.2) is 12.5 Å². The van der Waals surface area contributed by atoms with Crippen LogP contribution in [-0.2, 0) is 23.8 Å². The fraction of sp³-hybridized carbons (Fsp3) is 0.732. The normalized spacial score (nSPS) is 25.0. The predicted molar refractivity (Wildman–Crippen MR) is 222 cm³/mol. The number of carboxylic acids is 1. The molecule has 2 aromatic heterocycles. The van der Waals surface area contributed by atoms with E-state index in [-0.39, 0.29) is 31.7 Å². The van der Waals surface area contributed by atoms with Gasteiger partial charge >= 0.3 is 11.7 Å². The number of aliphatic hydroxyl groups is 4. The molecule has 0 aliphatic carbocycles. The number of nitrogens with zero attached hydrogens (tertiary/aromatic N) is 3. The minimum atomic E-state index is -1.87. The number of carbonyl (C=O) groups is 3. The summed E-state index contributed by atoms with van der Waals surface area (Å²) >= 11 is 0. The van der Waals surface area contributed by atoms with Crippen molar-refractivity contribution in [2.24, 2.45) is 5.73 Å². The summed E-state index contributed by atoms with van der Waals surface area (Å²) in [5.74, 6) is -2.51. The average molecular weight is 879 g/mol. The first kappa shape index (κ1) is 50.5. The maximum Gasteiger partial charge on any atom is 0.330 e. The molecule has 2 aromatic rings. The summed E-state index contributed by atoms with van der Waals surface area (Å²) in [6.45, 7) is 1.98. The van der Waals surface area contributed by atoms with Gasteiger partial charge in [-0.05, 0) is 19.4 Å². The molecule has 2 aliphatic rings. The van der Waals surface area contributed by atoms with E-state index in [0.717, 1.165) is 42.5 Å². The number of nitrogens with two attached hydrogens (primary N) is 1. The monoisotopic (exact) mass is 878 g/mol. The van der Waals surface area contributed by atoms with Gasteiger partial charge in [0.2, 0.25) is 5.91 Å². The van der Waals surface area contributed by atoms with Crippen molar-refractivity contribution in [3.8, 4) is 0 Å². The number of unbranched alkanes of at least 4 members (excludes halogenated alkanes) is 12. The van der Waals surface area contributed by atoms with Gasteiger partial charge in [-0.25, -0.2) is 9.78 Å². The minimum Gasteiger partial charge on any atom is -0.480 e. The summed E-state index contributed by atoms with van der Waals surface area (Å²) in [6, 6.07) is -1.63. The van der Waals surface area contributed by atoms with Crippen LogP contribution in [0.3, 0.4) is 0 Å². The lowest BCUT2D eigenvalue weighted by atomic mass is 9.98. The van der Waals surface area contributed by atoms with Crippen molar-refractivity contribution in [3.63, 3.8) is 0 Å². The van der Waals surface area contributed by atoms with Crippen molar-refractivity contribution < 1.29 is 54.1 Å². The smallest absolute Gasteiger partial charge is 0.330 e. The van der Waals surface area contributed by atoms with Gasteiger partial charge in [-0.3, -0.25) is 33.7 Å². The summed E-state index contributed by atoms with van der Waals surface area (Å²) in [5, 5.41) is 61.9. The molecule has 348 valence electrons. The van der Waals surface area contributed by atoms with Crippen LogP contribution in [-0.4, -0.2) is 144 Å². The van der Waals surface area contributed by atoms with Crippen LogP contribution in [0.5, 0.6) is 0 Å². The van der Waals surface area contributed by atoms with Crippen LogP contribution >= 0.6 is 0 Å². The lowest BCUT2D eigenvalue weighted by Gasteiger charge is -2.33. The van der Waals surface area contributed by atoms with Crippen molar-refractivity contribution >= 4 is 17.8 Å². The Labute approximate surface area is 360 Å². The van der Waals surface area contributed by atoms with Crippen LogP contribution in [0, 0.1) is 0 Å². The average Bonchev–Trinajstić information content (AvgIpc) is 3.70. The highest BCUT2D eigenvalue weighted by Gasteiger charge is 2.54. The zero-order valence-corrected chi connectivity index (χ0v) is 35.4. The van der Waals surface area contributed by atoms with Crippen LogP contribution in [0.4, 0.5) is 0 Å². The highest BCUT2D eigenvalue weighted by atomic mass is 16.7. The molecule has 2 fully saturated rings. The summed E-state index contributed by atoms with van der Waals surface area (Å²) in [5.41, 5.74) is 3.98. The molecule has 4 heterocycles.